The highest BCUT2D eigenvalue weighted by Crippen LogP contribution is 2.59. The number of para-hydroxylation sites is 2. The number of carbonyl (C=O) groups excluding carboxylic acids is 3. The van der Waals surface area contributed by atoms with Gasteiger partial charge in [0.1, 0.15) is 11.5 Å². The molecule has 0 radical (unpaired) electrons. The minimum atomic E-state index is -1.35. The van der Waals surface area contributed by atoms with E-state index in [-0.39, 0.29) is 17.5 Å². The number of hydrogen-bond acceptors (Lipinski definition) is 4. The van der Waals surface area contributed by atoms with Crippen LogP contribution in [0.5, 0.6) is 0 Å². The molecule has 6 heteroatoms. The molecule has 0 aromatic heterocycles. The van der Waals surface area contributed by atoms with E-state index in [4.69, 9.17) is 11.6 Å². The van der Waals surface area contributed by atoms with Crippen LogP contribution < -0.4 is 10.2 Å². The van der Waals surface area contributed by atoms with E-state index < -0.39 is 23.4 Å². The molecule has 0 aliphatic carbocycles. The van der Waals surface area contributed by atoms with Crippen LogP contribution in [-0.4, -0.2) is 29.6 Å². The fourth-order valence-corrected chi connectivity index (χ4v) is 7.33. The lowest BCUT2D eigenvalue weighted by molar-refractivity contribution is -0.121. The fraction of sp³-hybridized carbons (Fsp3) is 0.171. The molecule has 5 nitrogen and oxygen atoms in total. The minimum Gasteiger partial charge on any atom is -0.352 e. The van der Waals surface area contributed by atoms with Gasteiger partial charge in [-0.2, -0.15) is 0 Å². The van der Waals surface area contributed by atoms with Gasteiger partial charge >= 0.3 is 0 Å². The van der Waals surface area contributed by atoms with Crippen LogP contribution >= 0.6 is 11.6 Å². The Kier molecular flexibility index (Phi) is 5.77. The molecule has 4 aromatic carbocycles. The summed E-state index contributed by atoms with van der Waals surface area (Å²) in [5.41, 5.74) is 4.61. The van der Waals surface area contributed by atoms with Gasteiger partial charge in [-0.15, -0.1) is 0 Å². The number of aryl methyl sites for hydroxylation is 1. The minimum absolute atomic E-state index is 0.250. The summed E-state index contributed by atoms with van der Waals surface area (Å²) in [4.78, 5) is 46.0. The zero-order valence-corrected chi connectivity index (χ0v) is 23.4. The standard InChI is InChI=1S/C35H27ClN2O3/c1-20-15-17-22(18-16-20)32(39)30-31(33(40)24-10-3-6-12-26(24)36)38-28-14-8-4-9-23(28)21(2)19-29(38)35(30)25-11-5-7-13-27(25)37-34(35)41/h3-19,29-31H,1-2H3,(H,37,41)/t29-,30-,31-,35+/m0/s1. The summed E-state index contributed by atoms with van der Waals surface area (Å²) < 4.78 is 0. The molecule has 1 amide bonds. The van der Waals surface area contributed by atoms with Gasteiger partial charge in [0, 0.05) is 28.1 Å². The monoisotopic (exact) mass is 558 g/mol. The first-order chi connectivity index (χ1) is 19.8. The predicted octanol–water partition coefficient (Wildman–Crippen LogP) is 6.89. The van der Waals surface area contributed by atoms with Crippen LogP contribution in [0.2, 0.25) is 5.02 Å². The van der Waals surface area contributed by atoms with Gasteiger partial charge in [0.2, 0.25) is 5.91 Å². The van der Waals surface area contributed by atoms with Gasteiger partial charge in [0.05, 0.1) is 17.0 Å². The molecule has 1 saturated heterocycles. The topological polar surface area (TPSA) is 66.5 Å². The molecule has 4 aromatic rings. The summed E-state index contributed by atoms with van der Waals surface area (Å²) in [5.74, 6) is -1.85. The zero-order valence-electron chi connectivity index (χ0n) is 22.6. The van der Waals surface area contributed by atoms with Gasteiger partial charge in [-0.3, -0.25) is 14.4 Å². The van der Waals surface area contributed by atoms with Crippen molar-refractivity contribution in [2.75, 3.05) is 10.2 Å². The second kappa shape index (κ2) is 9.28. The number of amides is 1. The van der Waals surface area contributed by atoms with Gasteiger partial charge < -0.3 is 10.2 Å². The molecule has 1 spiro atoms. The number of anilines is 2. The van der Waals surface area contributed by atoms with E-state index in [9.17, 15) is 14.4 Å². The second-order valence-corrected chi connectivity index (χ2v) is 11.5. The number of rotatable bonds is 4. The number of carbonyl (C=O) groups is 3. The maximum atomic E-state index is 14.8. The smallest absolute Gasteiger partial charge is 0.238 e. The van der Waals surface area contributed by atoms with Crippen molar-refractivity contribution >= 4 is 46.0 Å². The molecule has 3 aliphatic heterocycles. The van der Waals surface area contributed by atoms with Crippen molar-refractivity contribution in [2.24, 2.45) is 5.92 Å². The highest BCUT2D eigenvalue weighted by Gasteiger charge is 2.70. The van der Waals surface area contributed by atoms with Gasteiger partial charge in [0.25, 0.3) is 0 Å². The third kappa shape index (κ3) is 3.52. The van der Waals surface area contributed by atoms with E-state index in [1.807, 2.05) is 79.4 Å². The lowest BCUT2D eigenvalue weighted by atomic mass is 9.64. The Morgan fingerprint density at radius 3 is 2.29 bits per heavy atom. The Bertz CT molecular complexity index is 1790. The Morgan fingerprint density at radius 1 is 0.829 bits per heavy atom. The van der Waals surface area contributed by atoms with Crippen molar-refractivity contribution in [3.05, 3.63) is 136 Å². The first-order valence-corrected chi connectivity index (χ1v) is 14.1. The first-order valence-electron chi connectivity index (χ1n) is 13.7. The number of allylic oxidation sites excluding steroid dienone is 1. The fourth-order valence-electron chi connectivity index (χ4n) is 7.11. The Labute approximate surface area is 243 Å². The van der Waals surface area contributed by atoms with E-state index in [0.717, 1.165) is 28.0 Å². The van der Waals surface area contributed by atoms with Gasteiger partial charge in [-0.05, 0) is 49.2 Å². The van der Waals surface area contributed by atoms with Crippen LogP contribution in [0.4, 0.5) is 11.4 Å². The molecule has 7 rings (SSSR count). The lowest BCUT2D eigenvalue weighted by Crippen LogP contribution is -2.51. The van der Waals surface area contributed by atoms with Crippen molar-refractivity contribution < 1.29 is 14.4 Å². The van der Waals surface area contributed by atoms with Gasteiger partial charge in [-0.1, -0.05) is 96.0 Å². The summed E-state index contributed by atoms with van der Waals surface area (Å²) in [6, 6.07) is 28.1. The molecule has 202 valence electrons. The molecule has 0 saturated carbocycles. The third-order valence-electron chi connectivity index (χ3n) is 8.91. The maximum Gasteiger partial charge on any atom is 0.238 e. The molecule has 41 heavy (non-hydrogen) atoms. The number of Topliss-reactive ketones (excluding diaryl/α,β-unsaturated/α-hetero) is 2. The van der Waals surface area contributed by atoms with E-state index in [1.165, 1.54) is 0 Å². The van der Waals surface area contributed by atoms with E-state index in [2.05, 4.69) is 11.4 Å². The molecule has 1 fully saturated rings. The number of hydrogen-bond donors (Lipinski definition) is 1. The molecule has 0 bridgehead atoms. The normalized spacial score (nSPS) is 23.9. The Balaban J connectivity index is 1.57. The van der Waals surface area contributed by atoms with E-state index in [1.54, 1.807) is 36.4 Å². The number of ketones is 2. The largest absolute Gasteiger partial charge is 0.352 e. The summed E-state index contributed by atoms with van der Waals surface area (Å²) in [6.07, 6.45) is 2.05. The predicted molar refractivity (Wildman–Crippen MR) is 162 cm³/mol. The van der Waals surface area contributed by atoms with Crippen molar-refractivity contribution in [3.8, 4) is 0 Å². The number of benzene rings is 4. The highest BCUT2D eigenvalue weighted by atomic mass is 35.5. The summed E-state index contributed by atoms with van der Waals surface area (Å²) in [5, 5.41) is 3.38. The maximum absolute atomic E-state index is 14.8. The molecular formula is C35H27ClN2O3. The number of halogens is 1. The molecule has 3 heterocycles. The average molecular weight is 559 g/mol. The summed E-state index contributed by atoms with van der Waals surface area (Å²) in [6.45, 7) is 3.98. The van der Waals surface area contributed by atoms with Crippen LogP contribution in [0, 0.1) is 12.8 Å². The van der Waals surface area contributed by atoms with E-state index in [0.29, 0.717) is 21.8 Å². The lowest BCUT2D eigenvalue weighted by Gasteiger charge is -2.39. The number of nitrogens with zero attached hydrogens (tertiary/aromatic N) is 1. The number of nitrogens with one attached hydrogen (secondary N) is 1. The highest BCUT2D eigenvalue weighted by molar-refractivity contribution is 6.34. The van der Waals surface area contributed by atoms with Crippen molar-refractivity contribution in [1.29, 1.82) is 0 Å². The summed E-state index contributed by atoms with van der Waals surface area (Å²) >= 11 is 6.60. The van der Waals surface area contributed by atoms with E-state index >= 15 is 0 Å². The number of fused-ring (bicyclic) bond motifs is 6. The second-order valence-electron chi connectivity index (χ2n) is 11.1. The SMILES string of the molecule is CC1=C[C@@H]2N(c3ccccc31)[C@H](C(=O)c1ccccc1Cl)[C@@H](C(=O)c1ccc(C)cc1)[C@]21C(=O)Nc2ccccc21. The average Bonchev–Trinajstić information content (AvgIpc) is 3.45. The molecule has 4 atom stereocenters. The third-order valence-corrected chi connectivity index (χ3v) is 9.24. The van der Waals surface area contributed by atoms with Crippen LogP contribution in [0.25, 0.3) is 5.57 Å². The van der Waals surface area contributed by atoms with Crippen LogP contribution in [-0.2, 0) is 10.2 Å². The molecule has 1 N–H and O–H groups in total. The quantitative estimate of drug-likeness (QED) is 0.277. The van der Waals surface area contributed by atoms with Crippen LogP contribution in [0.15, 0.2) is 103 Å². The van der Waals surface area contributed by atoms with Crippen molar-refractivity contribution in [3.63, 3.8) is 0 Å². The molecule has 0 unspecified atom stereocenters. The van der Waals surface area contributed by atoms with Gasteiger partial charge in [-0.25, -0.2) is 0 Å². The molecular weight excluding hydrogens is 532 g/mol. The van der Waals surface area contributed by atoms with Crippen molar-refractivity contribution in [1.82, 2.24) is 0 Å². The van der Waals surface area contributed by atoms with Crippen LogP contribution in [0.1, 0.15) is 44.3 Å². The zero-order chi connectivity index (χ0) is 28.5. The van der Waals surface area contributed by atoms with Gasteiger partial charge in [0.15, 0.2) is 11.6 Å². The van der Waals surface area contributed by atoms with Crippen molar-refractivity contribution in [2.45, 2.75) is 31.3 Å². The van der Waals surface area contributed by atoms with Crippen LogP contribution in [0.3, 0.4) is 0 Å². The Morgan fingerprint density at radius 2 is 1.51 bits per heavy atom. The Hall–Kier alpha value is -4.48. The molecule has 3 aliphatic rings. The first kappa shape index (κ1) is 25.5. The summed E-state index contributed by atoms with van der Waals surface area (Å²) in [7, 11) is 0.